The van der Waals surface area contributed by atoms with Crippen molar-refractivity contribution in [3.05, 3.63) is 71.8 Å². The average Bonchev–Trinajstić information content (AvgIpc) is 3.71. The molecule has 2 aromatic heterocycles. The summed E-state index contributed by atoms with van der Waals surface area (Å²) in [7, 11) is 0. The third-order valence-corrected chi connectivity index (χ3v) is 9.49. The van der Waals surface area contributed by atoms with Gasteiger partial charge in [-0.15, -0.1) is 0 Å². The van der Waals surface area contributed by atoms with Gasteiger partial charge in [0, 0.05) is 56.8 Å². The molecule has 1 spiro atoms. The van der Waals surface area contributed by atoms with Crippen molar-refractivity contribution in [3.8, 4) is 0 Å². The topological polar surface area (TPSA) is 63.8 Å². The van der Waals surface area contributed by atoms with Crippen LogP contribution in [0.5, 0.6) is 0 Å². The molecule has 0 atom stereocenters. The van der Waals surface area contributed by atoms with Crippen molar-refractivity contribution in [2.45, 2.75) is 83.2 Å². The minimum absolute atomic E-state index is 0.459. The molecule has 2 N–H and O–H groups in total. The van der Waals surface area contributed by atoms with Crippen LogP contribution < -0.4 is 0 Å². The van der Waals surface area contributed by atoms with E-state index < -0.39 is 0 Å². The van der Waals surface area contributed by atoms with E-state index in [9.17, 15) is 0 Å². The van der Waals surface area contributed by atoms with Crippen LogP contribution in [0, 0.1) is 11.3 Å². The highest BCUT2D eigenvalue weighted by Crippen LogP contribution is 2.42. The molecule has 0 radical (unpaired) electrons. The SMILES string of the molecule is c1c[nH]c(CC(Cc2ccc(CN3CCC4(CCN(C5CCCCC5)CC4)C3)cc2)Cc2ncc[nH]2)n1. The molecule has 6 heteroatoms. The highest BCUT2D eigenvalue weighted by Gasteiger charge is 2.41. The van der Waals surface area contributed by atoms with Gasteiger partial charge in [-0.05, 0) is 80.6 Å². The summed E-state index contributed by atoms with van der Waals surface area (Å²) in [6, 6.07) is 10.3. The van der Waals surface area contributed by atoms with E-state index in [0.717, 1.165) is 43.5 Å². The summed E-state index contributed by atoms with van der Waals surface area (Å²) in [4.78, 5) is 21.1. The number of nitrogens with one attached hydrogen (secondary N) is 2. The Morgan fingerprint density at radius 2 is 1.41 bits per heavy atom. The highest BCUT2D eigenvalue weighted by atomic mass is 15.2. The summed E-state index contributed by atoms with van der Waals surface area (Å²) < 4.78 is 0. The van der Waals surface area contributed by atoms with Crippen molar-refractivity contribution in [3.63, 3.8) is 0 Å². The Morgan fingerprint density at radius 1 is 0.784 bits per heavy atom. The molecule has 198 valence electrons. The lowest BCUT2D eigenvalue weighted by molar-refractivity contribution is 0.0615. The smallest absolute Gasteiger partial charge is 0.106 e. The Balaban J connectivity index is 1.01. The first-order chi connectivity index (χ1) is 18.2. The molecular weight excluding hydrogens is 456 g/mol. The van der Waals surface area contributed by atoms with Gasteiger partial charge in [0.1, 0.15) is 11.6 Å². The first-order valence-corrected chi connectivity index (χ1v) is 14.7. The van der Waals surface area contributed by atoms with Crippen molar-refractivity contribution in [1.82, 2.24) is 29.7 Å². The number of rotatable bonds is 9. The van der Waals surface area contributed by atoms with Crippen LogP contribution in [-0.2, 0) is 25.8 Å². The highest BCUT2D eigenvalue weighted by molar-refractivity contribution is 5.23. The zero-order chi connectivity index (χ0) is 24.9. The fraction of sp³-hybridized carbons (Fsp3) is 0.613. The standard InChI is InChI=1S/C31H44N6/c1-2-4-28(5-3-1)37-18-11-31(12-19-37)10-17-36(24-31)23-26-8-6-25(7-9-26)20-27(21-29-32-13-14-33-29)22-30-34-15-16-35-30/h6-9,13-16,27-28H,1-5,10-12,17-24H2,(H,32,33)(H,34,35). The zero-order valence-corrected chi connectivity index (χ0v) is 22.4. The van der Waals surface area contributed by atoms with Gasteiger partial charge in [-0.3, -0.25) is 4.90 Å². The second-order valence-electron chi connectivity index (χ2n) is 12.2. The maximum absolute atomic E-state index is 4.47. The Hall–Kier alpha value is -2.44. The van der Waals surface area contributed by atoms with Crippen LogP contribution in [0.25, 0.3) is 0 Å². The molecule has 2 aliphatic heterocycles. The Bertz CT molecular complexity index is 1020. The Morgan fingerprint density at radius 3 is 2.03 bits per heavy atom. The lowest BCUT2D eigenvalue weighted by atomic mass is 9.77. The van der Waals surface area contributed by atoms with Gasteiger partial charge in [0.25, 0.3) is 0 Å². The van der Waals surface area contributed by atoms with Crippen molar-refractivity contribution in [1.29, 1.82) is 0 Å². The van der Waals surface area contributed by atoms with E-state index >= 15 is 0 Å². The van der Waals surface area contributed by atoms with Crippen molar-refractivity contribution in [2.75, 3.05) is 26.2 Å². The molecule has 4 heterocycles. The zero-order valence-electron chi connectivity index (χ0n) is 22.4. The maximum atomic E-state index is 4.47. The van der Waals surface area contributed by atoms with Gasteiger partial charge in [0.2, 0.25) is 0 Å². The predicted molar refractivity (Wildman–Crippen MR) is 148 cm³/mol. The van der Waals surface area contributed by atoms with E-state index in [0.29, 0.717) is 11.3 Å². The van der Waals surface area contributed by atoms with Crippen LogP contribution in [0.2, 0.25) is 0 Å². The summed E-state index contributed by atoms with van der Waals surface area (Å²) in [6.07, 6.45) is 21.9. The number of H-pyrrole nitrogens is 2. The Kier molecular flexibility index (Phi) is 7.75. The van der Waals surface area contributed by atoms with Gasteiger partial charge in [0.15, 0.2) is 0 Å². The second kappa shape index (κ2) is 11.5. The second-order valence-corrected chi connectivity index (χ2v) is 12.2. The molecule has 0 bridgehead atoms. The molecule has 0 unspecified atom stereocenters. The molecule has 1 aliphatic carbocycles. The van der Waals surface area contributed by atoms with E-state index in [2.05, 4.69) is 54.0 Å². The van der Waals surface area contributed by atoms with Gasteiger partial charge in [-0.25, -0.2) is 9.97 Å². The summed E-state index contributed by atoms with van der Waals surface area (Å²) in [5.41, 5.74) is 3.43. The molecule has 1 saturated carbocycles. The molecule has 2 saturated heterocycles. The number of piperidine rings is 1. The molecule has 1 aromatic carbocycles. The number of imidazole rings is 2. The van der Waals surface area contributed by atoms with Gasteiger partial charge in [0.05, 0.1) is 0 Å². The van der Waals surface area contributed by atoms with Gasteiger partial charge >= 0.3 is 0 Å². The predicted octanol–water partition coefficient (Wildman–Crippen LogP) is 5.40. The number of nitrogens with zero attached hydrogens (tertiary/aromatic N) is 4. The minimum atomic E-state index is 0.459. The van der Waals surface area contributed by atoms with Crippen LogP contribution in [0.15, 0.2) is 49.1 Å². The van der Waals surface area contributed by atoms with Crippen LogP contribution >= 0.6 is 0 Å². The Labute approximate surface area is 222 Å². The molecule has 6 nitrogen and oxygen atoms in total. The summed E-state index contributed by atoms with van der Waals surface area (Å²) >= 11 is 0. The molecule has 3 aliphatic rings. The first kappa shape index (κ1) is 24.9. The third kappa shape index (κ3) is 6.35. The quantitative estimate of drug-likeness (QED) is 0.413. The van der Waals surface area contributed by atoms with E-state index in [4.69, 9.17) is 0 Å². The number of aromatic amines is 2. The van der Waals surface area contributed by atoms with Gasteiger partial charge in [-0.2, -0.15) is 0 Å². The minimum Gasteiger partial charge on any atom is -0.349 e. The number of likely N-dealkylation sites (tertiary alicyclic amines) is 2. The van der Waals surface area contributed by atoms with Gasteiger partial charge in [-0.1, -0.05) is 43.5 Å². The normalized spacial score (nSPS) is 21.3. The fourth-order valence-electron chi connectivity index (χ4n) is 7.34. The maximum Gasteiger partial charge on any atom is 0.106 e. The van der Waals surface area contributed by atoms with Crippen LogP contribution in [0.1, 0.15) is 74.1 Å². The van der Waals surface area contributed by atoms with E-state index in [1.807, 2.05) is 24.8 Å². The fourth-order valence-corrected chi connectivity index (χ4v) is 7.34. The number of aromatic nitrogens is 4. The van der Waals surface area contributed by atoms with Crippen LogP contribution in [0.4, 0.5) is 0 Å². The van der Waals surface area contributed by atoms with Crippen LogP contribution in [0.3, 0.4) is 0 Å². The van der Waals surface area contributed by atoms with Crippen molar-refractivity contribution < 1.29 is 0 Å². The first-order valence-electron chi connectivity index (χ1n) is 14.7. The van der Waals surface area contributed by atoms with E-state index in [-0.39, 0.29) is 0 Å². The molecular formula is C31H44N6. The lowest BCUT2D eigenvalue weighted by Gasteiger charge is -2.43. The third-order valence-electron chi connectivity index (χ3n) is 9.49. The van der Waals surface area contributed by atoms with E-state index in [1.54, 1.807) is 0 Å². The van der Waals surface area contributed by atoms with Crippen molar-refractivity contribution >= 4 is 0 Å². The van der Waals surface area contributed by atoms with E-state index in [1.165, 1.54) is 88.7 Å². The largest absolute Gasteiger partial charge is 0.349 e. The van der Waals surface area contributed by atoms with Crippen LogP contribution in [-0.4, -0.2) is 62.0 Å². The molecule has 3 aromatic rings. The van der Waals surface area contributed by atoms with Crippen molar-refractivity contribution in [2.24, 2.45) is 11.3 Å². The molecule has 37 heavy (non-hydrogen) atoms. The van der Waals surface area contributed by atoms with Gasteiger partial charge < -0.3 is 14.9 Å². The number of benzene rings is 1. The number of hydrogen-bond acceptors (Lipinski definition) is 4. The molecule has 3 fully saturated rings. The average molecular weight is 501 g/mol. The monoisotopic (exact) mass is 500 g/mol. The summed E-state index contributed by atoms with van der Waals surface area (Å²) in [5, 5.41) is 0. The number of hydrogen-bond donors (Lipinski definition) is 2. The summed E-state index contributed by atoms with van der Waals surface area (Å²) in [5.74, 6) is 2.57. The molecule has 6 rings (SSSR count). The summed E-state index contributed by atoms with van der Waals surface area (Å²) in [6.45, 7) is 6.33. The lowest BCUT2D eigenvalue weighted by Crippen LogP contribution is -2.46. The molecule has 0 amide bonds.